The number of hydrogen-bond acceptors (Lipinski definition) is 4. The quantitative estimate of drug-likeness (QED) is 0.650. The normalized spacial score (nSPS) is 12.3. The van der Waals surface area contributed by atoms with Crippen LogP contribution in [0, 0.1) is 10.1 Å². The predicted octanol–water partition coefficient (Wildman–Crippen LogP) is 3.04. The Morgan fingerprint density at radius 3 is 2.61 bits per heavy atom. The fourth-order valence-electron chi connectivity index (χ4n) is 1.64. The SMILES string of the molecule is C[C@@H](NCc1ccc([N+](=O)[O-])cc1)c1ccco1. The summed E-state index contributed by atoms with van der Waals surface area (Å²) in [5.41, 5.74) is 1.11. The molecule has 5 nitrogen and oxygen atoms in total. The van der Waals surface area contributed by atoms with Crippen LogP contribution in [0.3, 0.4) is 0 Å². The number of furan rings is 1. The molecule has 94 valence electrons. The Morgan fingerprint density at radius 1 is 1.33 bits per heavy atom. The van der Waals surface area contributed by atoms with Crippen LogP contribution in [0.5, 0.6) is 0 Å². The standard InChI is InChI=1S/C13H14N2O3/c1-10(13-3-2-8-18-13)14-9-11-4-6-12(7-5-11)15(16)17/h2-8,10,14H,9H2,1H3/t10-/m1/s1. The van der Waals surface area contributed by atoms with Gasteiger partial charge in [-0.1, -0.05) is 12.1 Å². The molecule has 0 saturated carbocycles. The van der Waals surface area contributed by atoms with Crippen molar-refractivity contribution >= 4 is 5.69 Å². The average molecular weight is 246 g/mol. The molecule has 0 saturated heterocycles. The van der Waals surface area contributed by atoms with Gasteiger partial charge in [-0.25, -0.2) is 0 Å². The minimum absolute atomic E-state index is 0.107. The molecule has 2 rings (SSSR count). The van der Waals surface area contributed by atoms with Crippen LogP contribution in [0.1, 0.15) is 24.3 Å². The summed E-state index contributed by atoms with van der Waals surface area (Å²) in [5, 5.41) is 13.8. The summed E-state index contributed by atoms with van der Waals surface area (Å²) < 4.78 is 5.28. The van der Waals surface area contributed by atoms with Crippen LogP contribution in [0.25, 0.3) is 0 Å². The van der Waals surface area contributed by atoms with Crippen molar-refractivity contribution in [3.63, 3.8) is 0 Å². The number of nitrogens with zero attached hydrogens (tertiary/aromatic N) is 1. The summed E-state index contributed by atoms with van der Waals surface area (Å²) >= 11 is 0. The maximum atomic E-state index is 10.5. The van der Waals surface area contributed by atoms with Gasteiger partial charge >= 0.3 is 0 Å². The van der Waals surface area contributed by atoms with Crippen molar-refractivity contribution in [1.29, 1.82) is 0 Å². The fraction of sp³-hybridized carbons (Fsp3) is 0.231. The molecule has 0 fully saturated rings. The second kappa shape index (κ2) is 5.46. The van der Waals surface area contributed by atoms with Gasteiger partial charge in [-0.2, -0.15) is 0 Å². The first-order valence-electron chi connectivity index (χ1n) is 5.67. The van der Waals surface area contributed by atoms with Crippen LogP contribution in [0.4, 0.5) is 5.69 Å². The van der Waals surface area contributed by atoms with E-state index in [9.17, 15) is 10.1 Å². The van der Waals surface area contributed by atoms with E-state index in [-0.39, 0.29) is 11.7 Å². The third-order valence-corrected chi connectivity index (χ3v) is 2.73. The van der Waals surface area contributed by atoms with Crippen LogP contribution in [-0.2, 0) is 6.54 Å². The van der Waals surface area contributed by atoms with Gasteiger partial charge in [-0.05, 0) is 24.6 Å². The van der Waals surface area contributed by atoms with E-state index in [0.717, 1.165) is 11.3 Å². The molecule has 1 aromatic carbocycles. The van der Waals surface area contributed by atoms with Gasteiger partial charge < -0.3 is 9.73 Å². The molecule has 18 heavy (non-hydrogen) atoms. The zero-order valence-corrected chi connectivity index (χ0v) is 10.00. The van der Waals surface area contributed by atoms with E-state index in [0.29, 0.717) is 6.54 Å². The third-order valence-electron chi connectivity index (χ3n) is 2.73. The second-order valence-corrected chi connectivity index (χ2v) is 4.04. The zero-order valence-electron chi connectivity index (χ0n) is 10.00. The van der Waals surface area contributed by atoms with E-state index in [4.69, 9.17) is 4.42 Å². The molecule has 0 unspecified atom stereocenters. The Kier molecular flexibility index (Phi) is 3.74. The first-order valence-corrected chi connectivity index (χ1v) is 5.67. The number of nitrogens with one attached hydrogen (secondary N) is 1. The number of nitro benzene ring substituents is 1. The molecule has 0 aliphatic carbocycles. The summed E-state index contributed by atoms with van der Waals surface area (Å²) in [6, 6.07) is 10.4. The van der Waals surface area contributed by atoms with Gasteiger partial charge in [-0.15, -0.1) is 0 Å². The minimum atomic E-state index is -0.400. The topological polar surface area (TPSA) is 68.3 Å². The first kappa shape index (κ1) is 12.3. The molecule has 1 heterocycles. The molecular weight excluding hydrogens is 232 g/mol. The first-order chi connectivity index (χ1) is 8.66. The highest BCUT2D eigenvalue weighted by molar-refractivity contribution is 5.32. The van der Waals surface area contributed by atoms with Gasteiger partial charge in [-0.3, -0.25) is 10.1 Å². The van der Waals surface area contributed by atoms with E-state index in [1.807, 2.05) is 19.1 Å². The lowest BCUT2D eigenvalue weighted by Crippen LogP contribution is -2.17. The van der Waals surface area contributed by atoms with E-state index < -0.39 is 4.92 Å². The molecule has 0 radical (unpaired) electrons. The molecular formula is C13H14N2O3. The summed E-state index contributed by atoms with van der Waals surface area (Å²) in [6.07, 6.45) is 1.64. The zero-order chi connectivity index (χ0) is 13.0. The summed E-state index contributed by atoms with van der Waals surface area (Å²) in [7, 11) is 0. The van der Waals surface area contributed by atoms with Gasteiger partial charge in [0.05, 0.1) is 17.2 Å². The number of rotatable bonds is 5. The summed E-state index contributed by atoms with van der Waals surface area (Å²) in [5.74, 6) is 0.872. The molecule has 0 amide bonds. The van der Waals surface area contributed by atoms with Crippen LogP contribution < -0.4 is 5.32 Å². The van der Waals surface area contributed by atoms with Gasteiger partial charge in [0.1, 0.15) is 5.76 Å². The highest BCUT2D eigenvalue weighted by Gasteiger charge is 2.08. The molecule has 0 aliphatic rings. The number of nitro groups is 1. The molecule has 1 aromatic heterocycles. The lowest BCUT2D eigenvalue weighted by molar-refractivity contribution is -0.384. The van der Waals surface area contributed by atoms with E-state index in [2.05, 4.69) is 5.32 Å². The number of non-ortho nitro benzene ring substituents is 1. The van der Waals surface area contributed by atoms with Crippen molar-refractivity contribution in [2.45, 2.75) is 19.5 Å². The van der Waals surface area contributed by atoms with Crippen LogP contribution in [-0.4, -0.2) is 4.92 Å². The Morgan fingerprint density at radius 2 is 2.06 bits per heavy atom. The molecule has 5 heteroatoms. The highest BCUT2D eigenvalue weighted by atomic mass is 16.6. The van der Waals surface area contributed by atoms with E-state index >= 15 is 0 Å². The highest BCUT2D eigenvalue weighted by Crippen LogP contribution is 2.15. The van der Waals surface area contributed by atoms with E-state index in [1.54, 1.807) is 18.4 Å². The minimum Gasteiger partial charge on any atom is -0.468 e. The van der Waals surface area contributed by atoms with Crippen molar-refractivity contribution in [3.05, 3.63) is 64.1 Å². The summed E-state index contributed by atoms with van der Waals surface area (Å²) in [6.45, 7) is 2.64. The van der Waals surface area contributed by atoms with Crippen LogP contribution in [0.2, 0.25) is 0 Å². The Labute approximate surface area is 105 Å². The summed E-state index contributed by atoms with van der Waals surface area (Å²) in [4.78, 5) is 10.1. The van der Waals surface area contributed by atoms with Crippen LogP contribution in [0.15, 0.2) is 47.1 Å². The maximum Gasteiger partial charge on any atom is 0.269 e. The van der Waals surface area contributed by atoms with Crippen molar-refractivity contribution in [2.75, 3.05) is 0 Å². The predicted molar refractivity (Wildman–Crippen MR) is 67.1 cm³/mol. The monoisotopic (exact) mass is 246 g/mol. The number of hydrogen-bond donors (Lipinski definition) is 1. The van der Waals surface area contributed by atoms with Gasteiger partial charge in [0.2, 0.25) is 0 Å². The molecule has 0 bridgehead atoms. The fourth-order valence-corrected chi connectivity index (χ4v) is 1.64. The van der Waals surface area contributed by atoms with Crippen molar-refractivity contribution < 1.29 is 9.34 Å². The maximum absolute atomic E-state index is 10.5. The van der Waals surface area contributed by atoms with Crippen molar-refractivity contribution in [1.82, 2.24) is 5.32 Å². The Hall–Kier alpha value is -2.14. The Balaban J connectivity index is 1.92. The van der Waals surface area contributed by atoms with Crippen molar-refractivity contribution in [3.8, 4) is 0 Å². The molecule has 0 spiro atoms. The molecule has 1 atom stereocenters. The van der Waals surface area contributed by atoms with Crippen LogP contribution >= 0.6 is 0 Å². The number of benzene rings is 1. The van der Waals surface area contributed by atoms with Crippen molar-refractivity contribution in [2.24, 2.45) is 0 Å². The smallest absolute Gasteiger partial charge is 0.269 e. The second-order valence-electron chi connectivity index (χ2n) is 4.04. The van der Waals surface area contributed by atoms with E-state index in [1.165, 1.54) is 12.1 Å². The Bertz CT molecular complexity index is 506. The molecule has 1 N–H and O–H groups in total. The molecule has 2 aromatic rings. The van der Waals surface area contributed by atoms with Gasteiger partial charge in [0.25, 0.3) is 5.69 Å². The third kappa shape index (κ3) is 2.95. The van der Waals surface area contributed by atoms with Gasteiger partial charge in [0.15, 0.2) is 0 Å². The average Bonchev–Trinajstić information content (AvgIpc) is 2.90. The van der Waals surface area contributed by atoms with Gasteiger partial charge in [0, 0.05) is 18.7 Å². The lowest BCUT2D eigenvalue weighted by Gasteiger charge is -2.10. The lowest BCUT2D eigenvalue weighted by atomic mass is 10.2. The molecule has 0 aliphatic heterocycles. The largest absolute Gasteiger partial charge is 0.468 e.